The number of ether oxygens (including phenoxy) is 1. The second kappa shape index (κ2) is 4.72. The quantitative estimate of drug-likeness (QED) is 0.839. The first-order valence-corrected chi connectivity index (χ1v) is 4.32. The van der Waals surface area contributed by atoms with E-state index in [1.165, 1.54) is 13.0 Å². The molecule has 0 heterocycles. The molecule has 1 atom stereocenters. The van der Waals surface area contributed by atoms with Gasteiger partial charge in [-0.2, -0.15) is 0 Å². The predicted molar refractivity (Wildman–Crippen MR) is 48.7 cm³/mol. The van der Waals surface area contributed by atoms with Gasteiger partial charge in [-0.25, -0.2) is 8.78 Å². The van der Waals surface area contributed by atoms with Crippen LogP contribution in [0.15, 0.2) is 18.2 Å². The van der Waals surface area contributed by atoms with E-state index in [1.54, 1.807) is 0 Å². The number of aliphatic carboxylic acids is 1. The van der Waals surface area contributed by atoms with E-state index in [2.05, 4.69) is 0 Å². The Morgan fingerprint density at radius 3 is 2.67 bits per heavy atom. The van der Waals surface area contributed by atoms with Gasteiger partial charge in [0.2, 0.25) is 0 Å². The highest BCUT2D eigenvalue weighted by Crippen LogP contribution is 2.17. The van der Waals surface area contributed by atoms with Gasteiger partial charge >= 0.3 is 5.97 Å². The monoisotopic (exact) mass is 216 g/mol. The van der Waals surface area contributed by atoms with Crippen molar-refractivity contribution in [3.63, 3.8) is 0 Å². The van der Waals surface area contributed by atoms with Crippen molar-refractivity contribution in [2.45, 2.75) is 19.4 Å². The third-order valence-corrected chi connectivity index (χ3v) is 1.69. The maximum atomic E-state index is 12.7. The summed E-state index contributed by atoms with van der Waals surface area (Å²) in [6.07, 6.45) is -0.786. The molecule has 1 aromatic rings. The second-order valence-corrected chi connectivity index (χ2v) is 3.10. The lowest BCUT2D eigenvalue weighted by molar-refractivity contribution is -0.138. The molecule has 0 aliphatic heterocycles. The molecule has 0 amide bonds. The normalized spacial score (nSPS) is 12.2. The van der Waals surface area contributed by atoms with Gasteiger partial charge in [-0.1, -0.05) is 0 Å². The Kier molecular flexibility index (Phi) is 3.60. The minimum absolute atomic E-state index is 0.114. The lowest BCUT2D eigenvalue weighted by atomic mass is 10.2. The van der Waals surface area contributed by atoms with Crippen LogP contribution < -0.4 is 4.74 Å². The van der Waals surface area contributed by atoms with E-state index in [0.717, 1.165) is 12.1 Å². The molecule has 1 rings (SSSR count). The van der Waals surface area contributed by atoms with Gasteiger partial charge in [0, 0.05) is 6.07 Å². The summed E-state index contributed by atoms with van der Waals surface area (Å²) in [4.78, 5) is 10.3. The van der Waals surface area contributed by atoms with E-state index in [0.29, 0.717) is 0 Å². The molecule has 1 aromatic carbocycles. The fraction of sp³-hybridized carbons (Fsp3) is 0.300. The van der Waals surface area contributed by atoms with Crippen LogP contribution in [0, 0.1) is 11.6 Å². The summed E-state index contributed by atoms with van der Waals surface area (Å²) < 4.78 is 30.3. The van der Waals surface area contributed by atoms with Gasteiger partial charge in [0.1, 0.15) is 11.9 Å². The number of hydrogen-bond donors (Lipinski definition) is 1. The summed E-state index contributed by atoms with van der Waals surface area (Å²) in [6, 6.07) is 3.06. The second-order valence-electron chi connectivity index (χ2n) is 3.10. The Labute approximate surface area is 85.3 Å². The number of halogens is 2. The topological polar surface area (TPSA) is 46.5 Å². The molecular weight excluding hydrogens is 206 g/mol. The highest BCUT2D eigenvalue weighted by molar-refractivity contribution is 5.67. The maximum Gasteiger partial charge on any atom is 0.307 e. The molecule has 0 spiro atoms. The van der Waals surface area contributed by atoms with Crippen LogP contribution in [0.4, 0.5) is 8.78 Å². The molecule has 0 fully saturated rings. The van der Waals surface area contributed by atoms with E-state index >= 15 is 0 Å². The van der Waals surface area contributed by atoms with Crippen LogP contribution >= 0.6 is 0 Å². The van der Waals surface area contributed by atoms with Gasteiger partial charge in [0.25, 0.3) is 0 Å². The minimum atomic E-state index is -1.02. The van der Waals surface area contributed by atoms with Crippen LogP contribution in [-0.2, 0) is 4.79 Å². The summed E-state index contributed by atoms with van der Waals surface area (Å²) in [5.41, 5.74) is 0. The first kappa shape index (κ1) is 11.4. The molecule has 5 heteroatoms. The molecule has 1 N–H and O–H groups in total. The molecule has 15 heavy (non-hydrogen) atoms. The molecule has 0 aromatic heterocycles. The van der Waals surface area contributed by atoms with Crippen molar-refractivity contribution in [1.82, 2.24) is 0 Å². The molecule has 0 unspecified atom stereocenters. The zero-order chi connectivity index (χ0) is 11.4. The summed E-state index contributed by atoms with van der Waals surface area (Å²) in [7, 11) is 0. The molecule has 0 saturated carbocycles. The minimum Gasteiger partial charge on any atom is -0.490 e. The number of hydrogen-bond acceptors (Lipinski definition) is 2. The van der Waals surface area contributed by atoms with E-state index in [9.17, 15) is 13.6 Å². The van der Waals surface area contributed by atoms with Gasteiger partial charge in [-0.3, -0.25) is 4.79 Å². The molecule has 0 saturated heterocycles. The van der Waals surface area contributed by atoms with E-state index in [-0.39, 0.29) is 12.2 Å². The van der Waals surface area contributed by atoms with Crippen molar-refractivity contribution in [3.05, 3.63) is 29.8 Å². The third kappa shape index (κ3) is 3.53. The van der Waals surface area contributed by atoms with Crippen molar-refractivity contribution in [2.24, 2.45) is 0 Å². The predicted octanol–water partition coefficient (Wildman–Crippen LogP) is 2.21. The fourth-order valence-electron chi connectivity index (χ4n) is 1.07. The van der Waals surface area contributed by atoms with Gasteiger partial charge in [0.15, 0.2) is 11.6 Å². The highest BCUT2D eigenvalue weighted by Gasteiger charge is 2.10. The van der Waals surface area contributed by atoms with Crippen LogP contribution in [0.3, 0.4) is 0 Å². The Morgan fingerprint density at radius 2 is 2.13 bits per heavy atom. The van der Waals surface area contributed by atoms with E-state index < -0.39 is 23.7 Å². The van der Waals surface area contributed by atoms with Crippen LogP contribution in [0.25, 0.3) is 0 Å². The van der Waals surface area contributed by atoms with E-state index in [1.807, 2.05) is 0 Å². The van der Waals surface area contributed by atoms with Gasteiger partial charge < -0.3 is 9.84 Å². The Bertz CT molecular complexity index is 366. The van der Waals surface area contributed by atoms with Gasteiger partial charge in [-0.15, -0.1) is 0 Å². The standard InChI is InChI=1S/C10H10F2O3/c1-6(4-10(13)14)15-7-2-3-8(11)9(12)5-7/h2-3,5-6H,4H2,1H3,(H,13,14)/t6-/m1/s1. The van der Waals surface area contributed by atoms with Crippen LogP contribution in [0.5, 0.6) is 5.75 Å². The Balaban J connectivity index is 2.64. The lowest BCUT2D eigenvalue weighted by Gasteiger charge is -2.12. The first-order valence-electron chi connectivity index (χ1n) is 4.32. The number of carboxylic acid groups (broad SMARTS) is 1. The third-order valence-electron chi connectivity index (χ3n) is 1.69. The van der Waals surface area contributed by atoms with Crippen molar-refractivity contribution in [1.29, 1.82) is 0 Å². The van der Waals surface area contributed by atoms with Crippen molar-refractivity contribution < 1.29 is 23.4 Å². The van der Waals surface area contributed by atoms with Crippen molar-refractivity contribution in [2.75, 3.05) is 0 Å². The summed E-state index contributed by atoms with van der Waals surface area (Å²) in [5, 5.41) is 8.45. The van der Waals surface area contributed by atoms with Crippen molar-refractivity contribution >= 4 is 5.97 Å². The molecule has 3 nitrogen and oxygen atoms in total. The first-order chi connectivity index (χ1) is 6.99. The van der Waals surface area contributed by atoms with Crippen molar-refractivity contribution in [3.8, 4) is 5.75 Å². The largest absolute Gasteiger partial charge is 0.490 e. The Morgan fingerprint density at radius 1 is 1.47 bits per heavy atom. The number of rotatable bonds is 4. The average Bonchev–Trinajstić information content (AvgIpc) is 2.10. The van der Waals surface area contributed by atoms with Gasteiger partial charge in [-0.05, 0) is 19.1 Å². The Hall–Kier alpha value is -1.65. The summed E-state index contributed by atoms with van der Waals surface area (Å²) in [5.74, 6) is -2.88. The average molecular weight is 216 g/mol. The lowest BCUT2D eigenvalue weighted by Crippen LogP contribution is -2.16. The highest BCUT2D eigenvalue weighted by atomic mass is 19.2. The molecule has 0 radical (unpaired) electrons. The molecule has 82 valence electrons. The molecule has 0 bridgehead atoms. The molecular formula is C10H10F2O3. The number of carbonyl (C=O) groups is 1. The molecule has 0 aliphatic carbocycles. The summed E-state index contributed by atoms with van der Waals surface area (Å²) in [6.45, 7) is 1.54. The maximum absolute atomic E-state index is 12.7. The zero-order valence-electron chi connectivity index (χ0n) is 8.04. The smallest absolute Gasteiger partial charge is 0.307 e. The van der Waals surface area contributed by atoms with Crippen LogP contribution in [0.2, 0.25) is 0 Å². The van der Waals surface area contributed by atoms with Gasteiger partial charge in [0.05, 0.1) is 6.42 Å². The zero-order valence-corrected chi connectivity index (χ0v) is 8.04. The summed E-state index contributed by atoms with van der Waals surface area (Å²) >= 11 is 0. The molecule has 0 aliphatic rings. The number of benzene rings is 1. The van der Waals surface area contributed by atoms with E-state index in [4.69, 9.17) is 9.84 Å². The fourth-order valence-corrected chi connectivity index (χ4v) is 1.07. The van der Waals surface area contributed by atoms with Crippen LogP contribution in [0.1, 0.15) is 13.3 Å². The SMILES string of the molecule is C[C@H](CC(=O)O)Oc1ccc(F)c(F)c1. The number of carboxylic acids is 1. The van der Waals surface area contributed by atoms with Crippen LogP contribution in [-0.4, -0.2) is 17.2 Å².